The summed E-state index contributed by atoms with van der Waals surface area (Å²) in [6, 6.07) is 0.386. The van der Waals surface area contributed by atoms with Crippen LogP contribution >= 0.6 is 0 Å². The van der Waals surface area contributed by atoms with E-state index in [1.165, 1.54) is 5.56 Å². The Morgan fingerprint density at radius 3 is 2.43 bits per heavy atom. The molecule has 1 aliphatic rings. The number of aromatic nitrogens is 2. The summed E-state index contributed by atoms with van der Waals surface area (Å²) >= 11 is 0. The molecule has 1 fully saturated rings. The van der Waals surface area contributed by atoms with Gasteiger partial charge < -0.3 is 10.6 Å². The Hall–Kier alpha value is -0.950. The molecule has 0 spiro atoms. The lowest BCUT2D eigenvalue weighted by molar-refractivity contribution is 0.0830. The highest BCUT2D eigenvalue weighted by Gasteiger charge is 2.28. The van der Waals surface area contributed by atoms with E-state index in [1.807, 2.05) is 17.9 Å². The fraction of sp³-hybridized carbons (Fsp3) is 0.800. The van der Waals surface area contributed by atoms with Gasteiger partial charge in [0.15, 0.2) is 0 Å². The van der Waals surface area contributed by atoms with E-state index in [0.717, 1.165) is 39.3 Å². The van der Waals surface area contributed by atoms with E-state index >= 15 is 0 Å². The third kappa shape index (κ3) is 4.51. The summed E-state index contributed by atoms with van der Waals surface area (Å²) in [5, 5.41) is 4.30. The van der Waals surface area contributed by atoms with Crippen molar-refractivity contribution in [2.45, 2.75) is 19.0 Å². The summed E-state index contributed by atoms with van der Waals surface area (Å²) in [5.74, 6) is 0. The van der Waals surface area contributed by atoms with Gasteiger partial charge in [0.25, 0.3) is 0 Å². The molecule has 0 saturated carbocycles. The van der Waals surface area contributed by atoms with Gasteiger partial charge in [-0.1, -0.05) is 0 Å². The van der Waals surface area contributed by atoms with E-state index in [9.17, 15) is 0 Å². The number of hydrogen-bond donors (Lipinski definition) is 1. The minimum absolute atomic E-state index is 0.113. The van der Waals surface area contributed by atoms with Gasteiger partial charge in [-0.05, 0) is 21.0 Å². The fourth-order valence-corrected chi connectivity index (χ4v) is 3.05. The summed E-state index contributed by atoms with van der Waals surface area (Å²) in [4.78, 5) is 7.29. The van der Waals surface area contributed by atoms with Gasteiger partial charge in [-0.3, -0.25) is 14.5 Å². The Morgan fingerprint density at radius 1 is 1.29 bits per heavy atom. The molecule has 0 radical (unpaired) electrons. The quantitative estimate of drug-likeness (QED) is 0.800. The largest absolute Gasteiger partial charge is 0.326 e. The smallest absolute Gasteiger partial charge is 0.0538 e. The SMILES string of the molecule is CC(N)C(c1cnn(C)c1)N1CCN(CCN(C)C)CC1. The monoisotopic (exact) mass is 294 g/mol. The lowest BCUT2D eigenvalue weighted by atomic mass is 10.0. The second-order valence-electron chi connectivity index (χ2n) is 6.43. The van der Waals surface area contributed by atoms with Gasteiger partial charge in [0.1, 0.15) is 0 Å². The number of nitrogens with zero attached hydrogens (tertiary/aromatic N) is 5. The molecule has 2 N–H and O–H groups in total. The molecular weight excluding hydrogens is 264 g/mol. The molecule has 120 valence electrons. The Bertz CT molecular complexity index is 420. The van der Waals surface area contributed by atoms with Crippen molar-refractivity contribution in [2.75, 3.05) is 53.4 Å². The fourth-order valence-electron chi connectivity index (χ4n) is 3.05. The summed E-state index contributed by atoms with van der Waals surface area (Å²) < 4.78 is 1.86. The summed E-state index contributed by atoms with van der Waals surface area (Å²) in [7, 11) is 6.22. The summed E-state index contributed by atoms with van der Waals surface area (Å²) in [6.07, 6.45) is 4.04. The number of hydrogen-bond acceptors (Lipinski definition) is 5. The van der Waals surface area contributed by atoms with Gasteiger partial charge in [-0.25, -0.2) is 0 Å². The molecule has 1 aliphatic heterocycles. The lowest BCUT2D eigenvalue weighted by Crippen LogP contribution is -2.51. The number of nitrogens with two attached hydrogens (primary N) is 1. The van der Waals surface area contributed by atoms with E-state index in [-0.39, 0.29) is 12.1 Å². The second-order valence-corrected chi connectivity index (χ2v) is 6.43. The number of likely N-dealkylation sites (N-methyl/N-ethyl adjacent to an activating group) is 1. The first-order chi connectivity index (χ1) is 9.97. The average Bonchev–Trinajstić information content (AvgIpc) is 2.84. The maximum Gasteiger partial charge on any atom is 0.0538 e. The molecule has 21 heavy (non-hydrogen) atoms. The van der Waals surface area contributed by atoms with Gasteiger partial charge in [0.05, 0.1) is 12.2 Å². The van der Waals surface area contributed by atoms with Crippen molar-refractivity contribution in [3.63, 3.8) is 0 Å². The van der Waals surface area contributed by atoms with Gasteiger partial charge >= 0.3 is 0 Å². The maximum absolute atomic E-state index is 6.24. The van der Waals surface area contributed by atoms with Crippen LogP contribution in [0, 0.1) is 0 Å². The van der Waals surface area contributed by atoms with E-state index in [0.29, 0.717) is 0 Å². The predicted octanol–water partition coefficient (Wildman–Crippen LogP) is -0.0124. The molecule has 0 bridgehead atoms. The molecule has 2 rings (SSSR count). The van der Waals surface area contributed by atoms with E-state index in [2.05, 4.69) is 47.0 Å². The van der Waals surface area contributed by atoms with Crippen LogP contribution in [0.3, 0.4) is 0 Å². The van der Waals surface area contributed by atoms with Crippen molar-refractivity contribution in [1.29, 1.82) is 0 Å². The Balaban J connectivity index is 1.92. The normalized spacial score (nSPS) is 20.9. The van der Waals surface area contributed by atoms with Crippen LogP contribution in [0.2, 0.25) is 0 Å². The number of piperazine rings is 1. The van der Waals surface area contributed by atoms with Crippen LogP contribution in [-0.4, -0.2) is 83.9 Å². The first kappa shape index (κ1) is 16.4. The molecule has 2 heterocycles. The molecule has 2 unspecified atom stereocenters. The molecule has 1 saturated heterocycles. The number of rotatable bonds is 6. The average molecular weight is 294 g/mol. The zero-order chi connectivity index (χ0) is 15.4. The highest BCUT2D eigenvalue weighted by molar-refractivity contribution is 5.13. The third-order valence-corrected chi connectivity index (χ3v) is 4.23. The molecule has 2 atom stereocenters. The van der Waals surface area contributed by atoms with Crippen molar-refractivity contribution < 1.29 is 0 Å². The minimum atomic E-state index is 0.113. The van der Waals surface area contributed by atoms with Crippen molar-refractivity contribution in [3.05, 3.63) is 18.0 Å². The van der Waals surface area contributed by atoms with E-state index < -0.39 is 0 Å². The van der Waals surface area contributed by atoms with Crippen molar-refractivity contribution in [3.8, 4) is 0 Å². The van der Waals surface area contributed by atoms with Crippen LogP contribution < -0.4 is 5.73 Å². The first-order valence-electron chi connectivity index (χ1n) is 7.82. The summed E-state index contributed by atoms with van der Waals surface area (Å²) in [5.41, 5.74) is 7.47. The zero-order valence-corrected chi connectivity index (χ0v) is 13.9. The van der Waals surface area contributed by atoms with Gasteiger partial charge in [0.2, 0.25) is 0 Å². The van der Waals surface area contributed by atoms with E-state index in [4.69, 9.17) is 5.73 Å². The van der Waals surface area contributed by atoms with Gasteiger partial charge in [-0.15, -0.1) is 0 Å². The van der Waals surface area contributed by atoms with Crippen LogP contribution in [0.15, 0.2) is 12.4 Å². The molecule has 0 aliphatic carbocycles. The molecule has 6 heteroatoms. The summed E-state index contributed by atoms with van der Waals surface area (Å²) in [6.45, 7) is 8.77. The zero-order valence-electron chi connectivity index (χ0n) is 13.9. The van der Waals surface area contributed by atoms with E-state index in [1.54, 1.807) is 0 Å². The molecular formula is C15H30N6. The standard InChI is InChI=1S/C15H30N6/c1-13(16)15(14-11-17-19(4)12-14)21-9-7-20(8-10-21)6-5-18(2)3/h11-13,15H,5-10,16H2,1-4H3. The van der Waals surface area contributed by atoms with Gasteiger partial charge in [0, 0.05) is 64.1 Å². The van der Waals surface area contributed by atoms with Crippen LogP contribution in [0.25, 0.3) is 0 Å². The van der Waals surface area contributed by atoms with Crippen LogP contribution in [0.4, 0.5) is 0 Å². The highest BCUT2D eigenvalue weighted by atomic mass is 15.3. The van der Waals surface area contributed by atoms with Crippen molar-refractivity contribution in [1.82, 2.24) is 24.5 Å². The van der Waals surface area contributed by atoms with Crippen molar-refractivity contribution >= 4 is 0 Å². The molecule has 6 nitrogen and oxygen atoms in total. The highest BCUT2D eigenvalue weighted by Crippen LogP contribution is 2.24. The number of aryl methyl sites for hydroxylation is 1. The Morgan fingerprint density at radius 2 is 1.95 bits per heavy atom. The predicted molar refractivity (Wildman–Crippen MR) is 86.2 cm³/mol. The second kappa shape index (κ2) is 7.35. The van der Waals surface area contributed by atoms with Gasteiger partial charge in [-0.2, -0.15) is 5.10 Å². The topological polar surface area (TPSA) is 53.6 Å². The Kier molecular flexibility index (Phi) is 5.75. The van der Waals surface area contributed by atoms with Crippen LogP contribution in [0.1, 0.15) is 18.5 Å². The minimum Gasteiger partial charge on any atom is -0.326 e. The molecule has 1 aromatic heterocycles. The molecule has 1 aromatic rings. The molecule has 0 aromatic carbocycles. The maximum atomic E-state index is 6.24. The van der Waals surface area contributed by atoms with Crippen LogP contribution in [-0.2, 0) is 7.05 Å². The molecule has 0 amide bonds. The van der Waals surface area contributed by atoms with Crippen LogP contribution in [0.5, 0.6) is 0 Å². The first-order valence-corrected chi connectivity index (χ1v) is 7.82. The third-order valence-electron chi connectivity index (χ3n) is 4.23. The Labute approximate surface area is 128 Å². The van der Waals surface area contributed by atoms with Crippen molar-refractivity contribution in [2.24, 2.45) is 12.8 Å². The lowest BCUT2D eigenvalue weighted by Gasteiger charge is -2.40.